The molecular weight excluding hydrogens is 392 g/mol. The highest BCUT2D eigenvalue weighted by molar-refractivity contribution is 8.01. The molecule has 1 aromatic carbocycles. The summed E-state index contributed by atoms with van der Waals surface area (Å²) in [5.74, 6) is 0.506. The van der Waals surface area contributed by atoms with Gasteiger partial charge in [-0.15, -0.1) is 16.8 Å². The van der Waals surface area contributed by atoms with Crippen molar-refractivity contribution >= 4 is 49.8 Å². The first-order valence-electron chi connectivity index (χ1n) is 7.98. The van der Waals surface area contributed by atoms with Gasteiger partial charge in [-0.25, -0.2) is 8.42 Å². The first kappa shape index (κ1) is 18.9. The Balaban J connectivity index is 1.74. The molecule has 0 unspecified atom stereocenters. The monoisotopic (exact) mass is 410 g/mol. The van der Waals surface area contributed by atoms with E-state index in [2.05, 4.69) is 22.1 Å². The Morgan fingerprint density at radius 2 is 2.23 bits per heavy atom. The zero-order valence-corrected chi connectivity index (χ0v) is 16.4. The number of benzene rings is 1. The molecule has 138 valence electrons. The van der Waals surface area contributed by atoms with Crippen molar-refractivity contribution in [1.82, 2.24) is 10.2 Å². The molecule has 1 amide bonds. The van der Waals surface area contributed by atoms with Crippen LogP contribution in [-0.2, 0) is 10.0 Å². The van der Waals surface area contributed by atoms with Crippen LogP contribution in [0.15, 0.2) is 41.3 Å². The van der Waals surface area contributed by atoms with Crippen molar-refractivity contribution in [1.29, 1.82) is 0 Å². The quantitative estimate of drug-likeness (QED) is 0.447. The van der Waals surface area contributed by atoms with Crippen LogP contribution in [0.25, 0.3) is 0 Å². The van der Waals surface area contributed by atoms with Crippen molar-refractivity contribution in [3.8, 4) is 0 Å². The number of amides is 1. The van der Waals surface area contributed by atoms with Crippen molar-refractivity contribution in [3.05, 3.63) is 42.5 Å². The molecule has 1 aliphatic rings. The lowest BCUT2D eigenvalue weighted by molar-refractivity contribution is 0.102. The van der Waals surface area contributed by atoms with Gasteiger partial charge in [-0.05, 0) is 31.0 Å². The lowest BCUT2D eigenvalue weighted by atomic mass is 10.2. The normalized spacial score (nSPS) is 16.2. The van der Waals surface area contributed by atoms with Gasteiger partial charge in [0, 0.05) is 17.9 Å². The van der Waals surface area contributed by atoms with E-state index in [1.165, 1.54) is 27.4 Å². The zero-order valence-electron chi connectivity index (χ0n) is 13.9. The van der Waals surface area contributed by atoms with Gasteiger partial charge in [0.05, 0.1) is 11.4 Å². The number of aromatic nitrogens is 2. The van der Waals surface area contributed by atoms with Gasteiger partial charge in [-0.1, -0.05) is 35.2 Å². The first-order chi connectivity index (χ1) is 12.5. The van der Waals surface area contributed by atoms with Gasteiger partial charge < -0.3 is 0 Å². The number of anilines is 2. The standard InChI is InChI=1S/C16H18N4O3S3/c1-2-9-24-16-19-18-15(25-16)17-14(21)12-6-5-7-13(11-12)20-8-3-4-10-26(20,22)23/h2,5-7,11H,1,3-4,8-10H2,(H,17,18,21). The molecule has 0 bridgehead atoms. The van der Waals surface area contributed by atoms with E-state index in [1.54, 1.807) is 30.3 Å². The SMILES string of the molecule is C=CCSc1nnc(NC(=O)c2cccc(N3CCCCS3(=O)=O)c2)s1. The molecule has 1 fully saturated rings. The van der Waals surface area contributed by atoms with Crippen molar-refractivity contribution in [2.24, 2.45) is 0 Å². The van der Waals surface area contributed by atoms with Crippen LogP contribution in [0.4, 0.5) is 10.8 Å². The van der Waals surface area contributed by atoms with Gasteiger partial charge in [0.1, 0.15) is 0 Å². The van der Waals surface area contributed by atoms with Gasteiger partial charge >= 0.3 is 0 Å². The molecule has 1 N–H and O–H groups in total. The second-order valence-electron chi connectivity index (χ2n) is 5.57. The van der Waals surface area contributed by atoms with Gasteiger partial charge in [-0.2, -0.15) is 0 Å². The van der Waals surface area contributed by atoms with Gasteiger partial charge in [0.15, 0.2) is 4.34 Å². The molecule has 1 aromatic heterocycles. The Kier molecular flexibility index (Phi) is 5.94. The Morgan fingerprint density at radius 3 is 3.00 bits per heavy atom. The largest absolute Gasteiger partial charge is 0.296 e. The minimum absolute atomic E-state index is 0.138. The van der Waals surface area contributed by atoms with Crippen LogP contribution in [0.1, 0.15) is 23.2 Å². The van der Waals surface area contributed by atoms with E-state index in [0.717, 1.165) is 16.5 Å². The fourth-order valence-electron chi connectivity index (χ4n) is 2.50. The van der Waals surface area contributed by atoms with Gasteiger partial charge in [0.2, 0.25) is 15.2 Å². The molecule has 7 nitrogen and oxygen atoms in total. The molecule has 1 aliphatic heterocycles. The van der Waals surface area contributed by atoms with Gasteiger partial charge in [0.25, 0.3) is 5.91 Å². The summed E-state index contributed by atoms with van der Waals surface area (Å²) in [4.78, 5) is 12.5. The summed E-state index contributed by atoms with van der Waals surface area (Å²) in [5.41, 5.74) is 0.885. The lowest BCUT2D eigenvalue weighted by Crippen LogP contribution is -2.37. The van der Waals surface area contributed by atoms with Crippen LogP contribution in [0.2, 0.25) is 0 Å². The molecular formula is C16H18N4O3S3. The van der Waals surface area contributed by atoms with Crippen LogP contribution < -0.4 is 9.62 Å². The summed E-state index contributed by atoms with van der Waals surface area (Å²) in [6.07, 6.45) is 3.25. The number of nitrogens with one attached hydrogen (secondary N) is 1. The van der Waals surface area contributed by atoms with E-state index in [9.17, 15) is 13.2 Å². The number of carbonyl (C=O) groups is 1. The summed E-state index contributed by atoms with van der Waals surface area (Å²) in [6.45, 7) is 4.08. The Labute approximate surface area is 160 Å². The third kappa shape index (κ3) is 4.43. The van der Waals surface area contributed by atoms with Crippen LogP contribution >= 0.6 is 23.1 Å². The average Bonchev–Trinajstić information content (AvgIpc) is 3.07. The molecule has 0 saturated carbocycles. The molecule has 3 rings (SSSR count). The van der Waals surface area contributed by atoms with Crippen molar-refractivity contribution < 1.29 is 13.2 Å². The molecule has 0 aliphatic carbocycles. The fraction of sp³-hybridized carbons (Fsp3) is 0.312. The highest BCUT2D eigenvalue weighted by atomic mass is 32.2. The summed E-state index contributed by atoms with van der Waals surface area (Å²) in [7, 11) is -3.31. The van der Waals surface area contributed by atoms with Gasteiger partial charge in [-0.3, -0.25) is 14.4 Å². The summed E-state index contributed by atoms with van der Waals surface area (Å²) < 4.78 is 26.6. The molecule has 2 heterocycles. The first-order valence-corrected chi connectivity index (χ1v) is 11.4. The lowest BCUT2D eigenvalue weighted by Gasteiger charge is -2.28. The van der Waals surface area contributed by atoms with E-state index < -0.39 is 10.0 Å². The number of nitrogens with zero attached hydrogens (tertiary/aromatic N) is 3. The topological polar surface area (TPSA) is 92.3 Å². The summed E-state index contributed by atoms with van der Waals surface area (Å²) >= 11 is 2.77. The highest BCUT2D eigenvalue weighted by Gasteiger charge is 2.26. The molecule has 26 heavy (non-hydrogen) atoms. The summed E-state index contributed by atoms with van der Waals surface area (Å²) in [5, 5.41) is 11.0. The molecule has 0 atom stereocenters. The maximum absolute atomic E-state index is 12.5. The molecule has 2 aromatic rings. The zero-order chi connectivity index (χ0) is 18.6. The Morgan fingerprint density at radius 1 is 1.38 bits per heavy atom. The Bertz CT molecular complexity index is 911. The summed E-state index contributed by atoms with van der Waals surface area (Å²) in [6, 6.07) is 6.62. The number of thioether (sulfide) groups is 1. The van der Waals surface area contributed by atoms with E-state index in [0.29, 0.717) is 29.3 Å². The van der Waals surface area contributed by atoms with Crippen LogP contribution in [0.3, 0.4) is 0 Å². The van der Waals surface area contributed by atoms with Crippen molar-refractivity contribution in [3.63, 3.8) is 0 Å². The average molecular weight is 411 g/mol. The van der Waals surface area contributed by atoms with E-state index in [1.807, 2.05) is 0 Å². The maximum atomic E-state index is 12.5. The number of rotatable bonds is 6. The predicted molar refractivity (Wildman–Crippen MR) is 106 cm³/mol. The smallest absolute Gasteiger partial charge is 0.257 e. The van der Waals surface area contributed by atoms with Crippen molar-refractivity contribution in [2.45, 2.75) is 17.2 Å². The second-order valence-corrected chi connectivity index (χ2v) is 9.83. The minimum Gasteiger partial charge on any atom is -0.296 e. The second kappa shape index (κ2) is 8.19. The van der Waals surface area contributed by atoms with Crippen molar-refractivity contribution in [2.75, 3.05) is 27.7 Å². The predicted octanol–water partition coefficient (Wildman–Crippen LogP) is 3.00. The molecule has 0 radical (unpaired) electrons. The maximum Gasteiger partial charge on any atom is 0.257 e. The molecule has 0 spiro atoms. The third-order valence-electron chi connectivity index (χ3n) is 3.70. The third-order valence-corrected chi connectivity index (χ3v) is 7.53. The molecule has 1 saturated heterocycles. The number of hydrogen-bond donors (Lipinski definition) is 1. The number of carbonyl (C=O) groups excluding carboxylic acids is 1. The fourth-order valence-corrected chi connectivity index (χ4v) is 5.64. The van der Waals surface area contributed by atoms with Crippen LogP contribution in [-0.4, -0.2) is 42.6 Å². The minimum atomic E-state index is -3.31. The van der Waals surface area contributed by atoms with Crippen LogP contribution in [0.5, 0.6) is 0 Å². The Hall–Kier alpha value is -1.91. The molecule has 10 heteroatoms. The number of sulfonamides is 1. The number of hydrogen-bond acceptors (Lipinski definition) is 7. The van der Waals surface area contributed by atoms with E-state index >= 15 is 0 Å². The van der Waals surface area contributed by atoms with Crippen LogP contribution in [0, 0.1) is 0 Å². The van der Waals surface area contributed by atoms with E-state index in [-0.39, 0.29) is 11.7 Å². The van der Waals surface area contributed by atoms with E-state index in [4.69, 9.17) is 0 Å². The highest BCUT2D eigenvalue weighted by Crippen LogP contribution is 2.27.